The molecule has 1 unspecified atom stereocenters. The third-order valence-corrected chi connectivity index (χ3v) is 3.21. The zero-order chi connectivity index (χ0) is 13.0. The summed E-state index contributed by atoms with van der Waals surface area (Å²) in [5.41, 5.74) is 7.75. The van der Waals surface area contributed by atoms with E-state index in [-0.39, 0.29) is 0 Å². The van der Waals surface area contributed by atoms with E-state index in [9.17, 15) is 0 Å². The van der Waals surface area contributed by atoms with Gasteiger partial charge in [-0.05, 0) is 25.8 Å². The first-order chi connectivity index (χ1) is 7.95. The molecular weight excluding hydrogens is 212 g/mol. The summed E-state index contributed by atoms with van der Waals surface area (Å²) in [6.45, 7) is 9.29. The van der Waals surface area contributed by atoms with Gasteiger partial charge in [-0.3, -0.25) is 0 Å². The molecule has 0 aromatic heterocycles. The number of benzene rings is 1. The lowest BCUT2D eigenvalue weighted by molar-refractivity contribution is 0.340. The molecule has 1 aromatic carbocycles. The van der Waals surface area contributed by atoms with Gasteiger partial charge in [0.15, 0.2) is 0 Å². The van der Waals surface area contributed by atoms with Crippen LogP contribution < -0.4 is 15.4 Å². The van der Waals surface area contributed by atoms with Gasteiger partial charge in [-0.1, -0.05) is 13.8 Å². The summed E-state index contributed by atoms with van der Waals surface area (Å²) in [7, 11) is 2.09. The molecule has 0 aliphatic carbocycles. The van der Waals surface area contributed by atoms with Crippen LogP contribution in [0.15, 0.2) is 18.2 Å². The highest BCUT2D eigenvalue weighted by Crippen LogP contribution is 2.27. The predicted molar refractivity (Wildman–Crippen MR) is 74.7 cm³/mol. The standard InChI is InChI=1S/C14H24N2O/c1-6-17-14-8-12(15)7-13(9-14)16(5)11(4)10(2)3/h7-11H,6,15H2,1-5H3. The normalized spacial score (nSPS) is 12.6. The second kappa shape index (κ2) is 5.80. The molecule has 1 atom stereocenters. The molecule has 0 saturated carbocycles. The van der Waals surface area contributed by atoms with Crippen molar-refractivity contribution in [3.8, 4) is 5.75 Å². The summed E-state index contributed by atoms with van der Waals surface area (Å²) >= 11 is 0. The first kappa shape index (κ1) is 13.7. The molecule has 1 rings (SSSR count). The molecular formula is C14H24N2O. The van der Waals surface area contributed by atoms with Crippen LogP contribution in [0, 0.1) is 5.92 Å². The van der Waals surface area contributed by atoms with Crippen LogP contribution in [0.5, 0.6) is 5.75 Å². The minimum Gasteiger partial charge on any atom is -0.494 e. The van der Waals surface area contributed by atoms with E-state index >= 15 is 0 Å². The second-order valence-electron chi connectivity index (χ2n) is 4.79. The number of nitrogens with zero attached hydrogens (tertiary/aromatic N) is 1. The fourth-order valence-electron chi connectivity index (χ4n) is 1.74. The molecule has 0 spiro atoms. The molecule has 3 nitrogen and oxygen atoms in total. The molecule has 0 aliphatic heterocycles. The van der Waals surface area contributed by atoms with Gasteiger partial charge >= 0.3 is 0 Å². The Morgan fingerprint density at radius 3 is 2.41 bits per heavy atom. The van der Waals surface area contributed by atoms with Gasteiger partial charge in [0.2, 0.25) is 0 Å². The Hall–Kier alpha value is -1.38. The zero-order valence-electron chi connectivity index (χ0n) is 11.5. The third-order valence-electron chi connectivity index (χ3n) is 3.21. The molecule has 3 heteroatoms. The predicted octanol–water partition coefficient (Wildman–Crippen LogP) is 3.15. The number of nitrogens with two attached hydrogens (primary N) is 1. The van der Waals surface area contributed by atoms with E-state index in [0.717, 1.165) is 17.1 Å². The summed E-state index contributed by atoms with van der Waals surface area (Å²) in [5, 5.41) is 0. The van der Waals surface area contributed by atoms with Gasteiger partial charge < -0.3 is 15.4 Å². The van der Waals surface area contributed by atoms with E-state index in [0.29, 0.717) is 18.6 Å². The molecule has 0 fully saturated rings. The van der Waals surface area contributed by atoms with Crippen LogP contribution in [0.4, 0.5) is 11.4 Å². The number of ether oxygens (including phenoxy) is 1. The average Bonchev–Trinajstić information content (AvgIpc) is 2.26. The first-order valence-corrected chi connectivity index (χ1v) is 6.22. The molecule has 17 heavy (non-hydrogen) atoms. The first-order valence-electron chi connectivity index (χ1n) is 6.22. The van der Waals surface area contributed by atoms with Crippen LogP contribution in [0.1, 0.15) is 27.7 Å². The number of rotatable bonds is 5. The largest absolute Gasteiger partial charge is 0.494 e. The van der Waals surface area contributed by atoms with E-state index in [2.05, 4.69) is 32.7 Å². The maximum absolute atomic E-state index is 5.90. The topological polar surface area (TPSA) is 38.5 Å². The Kier molecular flexibility index (Phi) is 4.67. The van der Waals surface area contributed by atoms with E-state index in [1.807, 2.05) is 25.1 Å². The lowest BCUT2D eigenvalue weighted by Gasteiger charge is -2.30. The van der Waals surface area contributed by atoms with Gasteiger partial charge in [0.1, 0.15) is 5.75 Å². The molecule has 2 N–H and O–H groups in total. The van der Waals surface area contributed by atoms with Crippen LogP contribution in [0.3, 0.4) is 0 Å². The molecule has 0 amide bonds. The Morgan fingerprint density at radius 1 is 1.24 bits per heavy atom. The van der Waals surface area contributed by atoms with Crippen LogP contribution in [0.25, 0.3) is 0 Å². The minimum atomic E-state index is 0.464. The summed E-state index contributed by atoms with van der Waals surface area (Å²) in [6.07, 6.45) is 0. The van der Waals surface area contributed by atoms with Crippen molar-refractivity contribution in [2.45, 2.75) is 33.7 Å². The van der Waals surface area contributed by atoms with Gasteiger partial charge in [0, 0.05) is 36.6 Å². The lowest BCUT2D eigenvalue weighted by Crippen LogP contribution is -2.33. The molecule has 0 saturated heterocycles. The van der Waals surface area contributed by atoms with E-state index < -0.39 is 0 Å². The lowest BCUT2D eigenvalue weighted by atomic mass is 10.0. The summed E-state index contributed by atoms with van der Waals surface area (Å²) in [4.78, 5) is 2.24. The van der Waals surface area contributed by atoms with Crippen LogP contribution in [-0.4, -0.2) is 19.7 Å². The van der Waals surface area contributed by atoms with Crippen molar-refractivity contribution in [2.24, 2.45) is 5.92 Å². The quantitative estimate of drug-likeness (QED) is 0.798. The molecule has 96 valence electrons. The number of hydrogen-bond donors (Lipinski definition) is 1. The van der Waals surface area contributed by atoms with Gasteiger partial charge in [0.05, 0.1) is 6.61 Å². The van der Waals surface area contributed by atoms with Crippen molar-refractivity contribution < 1.29 is 4.74 Å². The van der Waals surface area contributed by atoms with Crippen LogP contribution in [-0.2, 0) is 0 Å². The van der Waals surface area contributed by atoms with E-state index in [4.69, 9.17) is 10.5 Å². The summed E-state index contributed by atoms with van der Waals surface area (Å²) < 4.78 is 5.51. The number of anilines is 2. The molecule has 0 bridgehead atoms. The Labute approximate surface area is 105 Å². The maximum Gasteiger partial charge on any atom is 0.123 e. The fourth-order valence-corrected chi connectivity index (χ4v) is 1.74. The van der Waals surface area contributed by atoms with Crippen molar-refractivity contribution >= 4 is 11.4 Å². The van der Waals surface area contributed by atoms with Crippen molar-refractivity contribution in [2.75, 3.05) is 24.3 Å². The molecule has 0 heterocycles. The molecule has 0 aliphatic rings. The zero-order valence-corrected chi connectivity index (χ0v) is 11.5. The van der Waals surface area contributed by atoms with Crippen molar-refractivity contribution in [1.82, 2.24) is 0 Å². The van der Waals surface area contributed by atoms with Gasteiger partial charge in [0.25, 0.3) is 0 Å². The van der Waals surface area contributed by atoms with Crippen molar-refractivity contribution in [3.63, 3.8) is 0 Å². The van der Waals surface area contributed by atoms with Crippen molar-refractivity contribution in [1.29, 1.82) is 0 Å². The van der Waals surface area contributed by atoms with Gasteiger partial charge in [-0.2, -0.15) is 0 Å². The highest BCUT2D eigenvalue weighted by atomic mass is 16.5. The SMILES string of the molecule is CCOc1cc(N)cc(N(C)C(C)C(C)C)c1. The van der Waals surface area contributed by atoms with E-state index in [1.54, 1.807) is 0 Å². The fraction of sp³-hybridized carbons (Fsp3) is 0.571. The minimum absolute atomic E-state index is 0.464. The number of hydrogen-bond acceptors (Lipinski definition) is 3. The van der Waals surface area contributed by atoms with Crippen LogP contribution in [0.2, 0.25) is 0 Å². The van der Waals surface area contributed by atoms with E-state index in [1.165, 1.54) is 0 Å². The third kappa shape index (κ3) is 3.55. The van der Waals surface area contributed by atoms with Crippen LogP contribution >= 0.6 is 0 Å². The highest BCUT2D eigenvalue weighted by Gasteiger charge is 2.14. The highest BCUT2D eigenvalue weighted by molar-refractivity contribution is 5.60. The van der Waals surface area contributed by atoms with Gasteiger partial charge in [-0.25, -0.2) is 0 Å². The Bertz CT molecular complexity index is 363. The maximum atomic E-state index is 5.90. The average molecular weight is 236 g/mol. The summed E-state index contributed by atoms with van der Waals surface area (Å²) in [6, 6.07) is 6.35. The Morgan fingerprint density at radius 2 is 1.88 bits per heavy atom. The van der Waals surface area contributed by atoms with Crippen molar-refractivity contribution in [3.05, 3.63) is 18.2 Å². The molecule has 0 radical (unpaired) electrons. The smallest absolute Gasteiger partial charge is 0.123 e. The van der Waals surface area contributed by atoms with Gasteiger partial charge in [-0.15, -0.1) is 0 Å². The summed E-state index contributed by atoms with van der Waals surface area (Å²) in [5.74, 6) is 1.43. The molecule has 1 aromatic rings. The number of nitrogen functional groups attached to an aromatic ring is 1. The Balaban J connectivity index is 2.96. The second-order valence-corrected chi connectivity index (χ2v) is 4.79. The monoisotopic (exact) mass is 236 g/mol.